The van der Waals surface area contributed by atoms with E-state index < -0.39 is 5.60 Å². The standard InChI is InChI=1S/C11H19N3O2/c1-3-8(12)9-13-10(14-16-9)11(2)6-4-5-7-15-11/h8H,3-7,12H2,1-2H3. The second-order valence-electron chi connectivity index (χ2n) is 4.51. The summed E-state index contributed by atoms with van der Waals surface area (Å²) >= 11 is 0. The summed E-state index contributed by atoms with van der Waals surface area (Å²) in [5.74, 6) is 1.14. The minimum atomic E-state index is -0.395. The minimum absolute atomic E-state index is 0.173. The maximum atomic E-state index is 5.84. The van der Waals surface area contributed by atoms with Crippen molar-refractivity contribution >= 4 is 0 Å². The molecule has 0 amide bonds. The maximum Gasteiger partial charge on any atom is 0.243 e. The first-order valence-electron chi connectivity index (χ1n) is 5.89. The zero-order valence-corrected chi connectivity index (χ0v) is 9.90. The summed E-state index contributed by atoms with van der Waals surface area (Å²) in [6.45, 7) is 4.77. The summed E-state index contributed by atoms with van der Waals surface area (Å²) in [6, 6.07) is -0.173. The van der Waals surface area contributed by atoms with Crippen molar-refractivity contribution in [1.82, 2.24) is 10.1 Å². The molecule has 0 aliphatic carbocycles. The quantitative estimate of drug-likeness (QED) is 0.850. The van der Waals surface area contributed by atoms with Gasteiger partial charge in [0.15, 0.2) is 0 Å². The van der Waals surface area contributed by atoms with Gasteiger partial charge >= 0.3 is 0 Å². The second-order valence-corrected chi connectivity index (χ2v) is 4.51. The molecule has 0 radical (unpaired) electrons. The number of hydrogen-bond donors (Lipinski definition) is 1. The number of hydrogen-bond acceptors (Lipinski definition) is 5. The topological polar surface area (TPSA) is 74.2 Å². The van der Waals surface area contributed by atoms with E-state index in [2.05, 4.69) is 10.1 Å². The van der Waals surface area contributed by atoms with Crippen LogP contribution >= 0.6 is 0 Å². The van der Waals surface area contributed by atoms with Crippen molar-refractivity contribution in [2.45, 2.75) is 51.2 Å². The third-order valence-corrected chi connectivity index (χ3v) is 3.14. The Bertz CT molecular complexity index is 345. The Morgan fingerprint density at radius 3 is 2.94 bits per heavy atom. The van der Waals surface area contributed by atoms with Gasteiger partial charge in [0.05, 0.1) is 6.04 Å². The largest absolute Gasteiger partial charge is 0.367 e. The molecule has 0 spiro atoms. The Morgan fingerprint density at radius 1 is 1.50 bits per heavy atom. The molecule has 0 saturated carbocycles. The fourth-order valence-electron chi connectivity index (χ4n) is 1.89. The zero-order chi connectivity index (χ0) is 11.6. The number of ether oxygens (including phenoxy) is 1. The van der Waals surface area contributed by atoms with E-state index in [0.717, 1.165) is 32.3 Å². The van der Waals surface area contributed by atoms with Crippen LogP contribution in [0.15, 0.2) is 4.52 Å². The van der Waals surface area contributed by atoms with Gasteiger partial charge in [0, 0.05) is 6.61 Å². The first-order chi connectivity index (χ1) is 7.65. The number of nitrogens with zero attached hydrogens (tertiary/aromatic N) is 2. The monoisotopic (exact) mass is 225 g/mol. The van der Waals surface area contributed by atoms with Crippen LogP contribution in [0.3, 0.4) is 0 Å². The zero-order valence-electron chi connectivity index (χ0n) is 9.90. The van der Waals surface area contributed by atoms with Crippen molar-refractivity contribution in [3.8, 4) is 0 Å². The number of aromatic nitrogens is 2. The van der Waals surface area contributed by atoms with E-state index in [-0.39, 0.29) is 6.04 Å². The average Bonchev–Trinajstić information content (AvgIpc) is 2.79. The molecule has 1 aromatic heterocycles. The minimum Gasteiger partial charge on any atom is -0.367 e. The highest BCUT2D eigenvalue weighted by molar-refractivity contribution is 5.02. The Morgan fingerprint density at radius 2 is 2.31 bits per heavy atom. The molecule has 5 nitrogen and oxygen atoms in total. The molecule has 0 bridgehead atoms. The molecule has 1 aliphatic rings. The SMILES string of the molecule is CCC(N)c1nc(C2(C)CCCCO2)no1. The molecule has 1 aliphatic heterocycles. The third-order valence-electron chi connectivity index (χ3n) is 3.14. The molecule has 1 fully saturated rings. The Hall–Kier alpha value is -0.940. The van der Waals surface area contributed by atoms with Gasteiger partial charge in [0.25, 0.3) is 0 Å². The predicted octanol–water partition coefficient (Wildman–Crippen LogP) is 1.90. The van der Waals surface area contributed by atoms with E-state index in [0.29, 0.717) is 11.7 Å². The molecule has 1 aromatic rings. The molecule has 2 rings (SSSR count). The van der Waals surface area contributed by atoms with Crippen molar-refractivity contribution < 1.29 is 9.26 Å². The van der Waals surface area contributed by atoms with Crippen LogP contribution < -0.4 is 5.73 Å². The smallest absolute Gasteiger partial charge is 0.243 e. The van der Waals surface area contributed by atoms with Crippen molar-refractivity contribution in [3.63, 3.8) is 0 Å². The molecule has 2 N–H and O–H groups in total. The van der Waals surface area contributed by atoms with Crippen LogP contribution in [-0.2, 0) is 10.3 Å². The summed E-state index contributed by atoms with van der Waals surface area (Å²) in [5, 5.41) is 3.99. The van der Waals surface area contributed by atoms with Gasteiger partial charge in [-0.3, -0.25) is 0 Å². The van der Waals surface area contributed by atoms with E-state index in [1.54, 1.807) is 0 Å². The van der Waals surface area contributed by atoms with E-state index in [1.165, 1.54) is 0 Å². The van der Waals surface area contributed by atoms with Gasteiger partial charge < -0.3 is 15.0 Å². The molecule has 2 unspecified atom stereocenters. The molecule has 16 heavy (non-hydrogen) atoms. The molecule has 2 heterocycles. The highest BCUT2D eigenvalue weighted by Gasteiger charge is 2.35. The summed E-state index contributed by atoms with van der Waals surface area (Å²) in [5.41, 5.74) is 5.45. The third kappa shape index (κ3) is 2.10. The number of nitrogens with two attached hydrogens (primary N) is 1. The van der Waals surface area contributed by atoms with Gasteiger partial charge in [0.2, 0.25) is 11.7 Å². The fourth-order valence-corrected chi connectivity index (χ4v) is 1.89. The number of rotatable bonds is 3. The highest BCUT2D eigenvalue weighted by Crippen LogP contribution is 2.33. The molecular formula is C11H19N3O2. The lowest BCUT2D eigenvalue weighted by molar-refractivity contribution is -0.0770. The van der Waals surface area contributed by atoms with E-state index in [9.17, 15) is 0 Å². The Labute approximate surface area is 95.3 Å². The normalized spacial score (nSPS) is 27.9. The van der Waals surface area contributed by atoms with Gasteiger partial charge in [-0.25, -0.2) is 0 Å². The van der Waals surface area contributed by atoms with Crippen LogP contribution in [0.1, 0.15) is 57.3 Å². The first kappa shape index (κ1) is 11.5. The predicted molar refractivity (Wildman–Crippen MR) is 58.7 cm³/mol. The fraction of sp³-hybridized carbons (Fsp3) is 0.818. The lowest BCUT2D eigenvalue weighted by Crippen LogP contribution is -2.31. The molecule has 0 aromatic carbocycles. The Kier molecular flexibility index (Phi) is 3.25. The summed E-state index contributed by atoms with van der Waals surface area (Å²) < 4.78 is 10.9. The summed E-state index contributed by atoms with van der Waals surface area (Å²) in [6.07, 6.45) is 3.97. The van der Waals surface area contributed by atoms with Crippen LogP contribution in [0.25, 0.3) is 0 Å². The molecule has 1 saturated heterocycles. The van der Waals surface area contributed by atoms with Gasteiger partial charge in [-0.2, -0.15) is 4.98 Å². The van der Waals surface area contributed by atoms with Gasteiger partial charge in [-0.15, -0.1) is 0 Å². The molecule has 2 atom stereocenters. The van der Waals surface area contributed by atoms with Crippen molar-refractivity contribution in [2.24, 2.45) is 5.73 Å². The van der Waals surface area contributed by atoms with E-state index in [1.807, 2.05) is 13.8 Å². The lowest BCUT2D eigenvalue weighted by atomic mass is 9.95. The van der Waals surface area contributed by atoms with Gasteiger partial charge in [-0.1, -0.05) is 12.1 Å². The van der Waals surface area contributed by atoms with Crippen LogP contribution in [0.5, 0.6) is 0 Å². The van der Waals surface area contributed by atoms with Gasteiger partial charge in [0.1, 0.15) is 5.60 Å². The summed E-state index contributed by atoms with van der Waals surface area (Å²) in [4.78, 5) is 4.35. The van der Waals surface area contributed by atoms with Crippen molar-refractivity contribution in [2.75, 3.05) is 6.61 Å². The summed E-state index contributed by atoms with van der Waals surface area (Å²) in [7, 11) is 0. The highest BCUT2D eigenvalue weighted by atomic mass is 16.5. The van der Waals surface area contributed by atoms with E-state index >= 15 is 0 Å². The van der Waals surface area contributed by atoms with Crippen LogP contribution in [-0.4, -0.2) is 16.7 Å². The molecular weight excluding hydrogens is 206 g/mol. The maximum absolute atomic E-state index is 5.84. The van der Waals surface area contributed by atoms with Gasteiger partial charge in [-0.05, 0) is 32.6 Å². The van der Waals surface area contributed by atoms with E-state index in [4.69, 9.17) is 15.0 Å². The second kappa shape index (κ2) is 4.51. The van der Waals surface area contributed by atoms with Crippen LogP contribution in [0.2, 0.25) is 0 Å². The van der Waals surface area contributed by atoms with Crippen LogP contribution in [0, 0.1) is 0 Å². The Balaban J connectivity index is 2.17. The van der Waals surface area contributed by atoms with Crippen LogP contribution in [0.4, 0.5) is 0 Å². The van der Waals surface area contributed by atoms with Crippen molar-refractivity contribution in [1.29, 1.82) is 0 Å². The molecule has 5 heteroatoms. The first-order valence-corrected chi connectivity index (χ1v) is 5.89. The average molecular weight is 225 g/mol. The van der Waals surface area contributed by atoms with Crippen molar-refractivity contribution in [3.05, 3.63) is 11.7 Å². The molecule has 90 valence electrons. The lowest BCUT2D eigenvalue weighted by Gasteiger charge is -2.30.